The molecule has 3 aliphatic rings. The minimum Gasteiger partial charge on any atom is -0.370 e. The fraction of sp³-hybridized carbons (Fsp3) is 0.684. The Labute approximate surface area is 158 Å². The Morgan fingerprint density at radius 1 is 1.19 bits per heavy atom. The van der Waals surface area contributed by atoms with Crippen LogP contribution in [-0.4, -0.2) is 60.4 Å². The molecule has 7 heteroatoms. The highest BCUT2D eigenvalue weighted by atomic mass is 32.1. The number of amides is 2. The van der Waals surface area contributed by atoms with Crippen molar-refractivity contribution in [2.75, 3.05) is 32.8 Å². The van der Waals surface area contributed by atoms with Gasteiger partial charge in [-0.05, 0) is 44.2 Å². The molecule has 2 saturated heterocycles. The fourth-order valence-corrected chi connectivity index (χ4v) is 5.59. The summed E-state index contributed by atoms with van der Waals surface area (Å²) in [5.41, 5.74) is 6.59. The molecule has 0 bridgehead atoms. The van der Waals surface area contributed by atoms with Crippen molar-refractivity contribution in [3.8, 4) is 0 Å². The number of ether oxygens (including phenoxy) is 1. The standard InChI is InChI=1S/C19H27N3O3S/c1-13(20)17(23)22-9-5-19(6-10-22)14-12-16(26-15(14)4-11-25-19)18(24)21-7-2-3-8-21/h12-13H,2-11,20H2,1H3. The highest BCUT2D eigenvalue weighted by Crippen LogP contribution is 2.45. The van der Waals surface area contributed by atoms with Crippen molar-refractivity contribution >= 4 is 23.2 Å². The molecule has 0 saturated carbocycles. The van der Waals surface area contributed by atoms with Gasteiger partial charge in [-0.3, -0.25) is 9.59 Å². The molecule has 4 heterocycles. The molecule has 0 aliphatic carbocycles. The van der Waals surface area contributed by atoms with Crippen LogP contribution in [0.1, 0.15) is 52.7 Å². The van der Waals surface area contributed by atoms with Crippen molar-refractivity contribution in [1.82, 2.24) is 9.80 Å². The number of hydrogen-bond acceptors (Lipinski definition) is 5. The van der Waals surface area contributed by atoms with Gasteiger partial charge in [0.05, 0.1) is 23.1 Å². The molecule has 1 aromatic rings. The minimum absolute atomic E-state index is 0.00565. The van der Waals surface area contributed by atoms with Crippen molar-refractivity contribution in [1.29, 1.82) is 0 Å². The third kappa shape index (κ3) is 3.06. The number of nitrogens with two attached hydrogens (primary N) is 1. The molecule has 142 valence electrons. The lowest BCUT2D eigenvalue weighted by Crippen LogP contribution is -2.51. The predicted octanol–water partition coefficient (Wildman–Crippen LogP) is 1.72. The van der Waals surface area contributed by atoms with Gasteiger partial charge in [0.25, 0.3) is 5.91 Å². The first kappa shape index (κ1) is 17.9. The fourth-order valence-electron chi connectivity index (χ4n) is 4.39. The lowest BCUT2D eigenvalue weighted by atomic mass is 9.82. The molecular weight excluding hydrogens is 350 g/mol. The van der Waals surface area contributed by atoms with Gasteiger partial charge in [0.2, 0.25) is 5.91 Å². The van der Waals surface area contributed by atoms with Crippen LogP contribution in [0.5, 0.6) is 0 Å². The van der Waals surface area contributed by atoms with E-state index >= 15 is 0 Å². The summed E-state index contributed by atoms with van der Waals surface area (Å²) in [4.78, 5) is 30.9. The number of fused-ring (bicyclic) bond motifs is 2. The summed E-state index contributed by atoms with van der Waals surface area (Å²) in [5.74, 6) is 0.174. The van der Waals surface area contributed by atoms with Crippen molar-refractivity contribution in [3.63, 3.8) is 0 Å². The summed E-state index contributed by atoms with van der Waals surface area (Å²) in [5, 5.41) is 0. The van der Waals surface area contributed by atoms with Crippen LogP contribution >= 0.6 is 11.3 Å². The van der Waals surface area contributed by atoms with Crippen LogP contribution in [0, 0.1) is 0 Å². The zero-order valence-corrected chi connectivity index (χ0v) is 16.1. The summed E-state index contributed by atoms with van der Waals surface area (Å²) in [6.45, 7) is 5.48. The number of rotatable bonds is 2. The molecule has 26 heavy (non-hydrogen) atoms. The van der Waals surface area contributed by atoms with E-state index in [1.54, 1.807) is 18.3 Å². The first-order chi connectivity index (χ1) is 12.5. The molecule has 1 unspecified atom stereocenters. The summed E-state index contributed by atoms with van der Waals surface area (Å²) in [6, 6.07) is 1.61. The second kappa shape index (κ2) is 6.94. The number of hydrogen-bond donors (Lipinski definition) is 1. The normalized spacial score (nSPS) is 23.2. The Bertz CT molecular complexity index is 701. The molecular formula is C19H27N3O3S. The van der Waals surface area contributed by atoms with E-state index in [4.69, 9.17) is 10.5 Å². The first-order valence-corrected chi connectivity index (χ1v) is 10.4. The molecule has 6 nitrogen and oxygen atoms in total. The van der Waals surface area contributed by atoms with E-state index < -0.39 is 6.04 Å². The lowest BCUT2D eigenvalue weighted by Gasteiger charge is -2.44. The van der Waals surface area contributed by atoms with Gasteiger partial charge in [-0.15, -0.1) is 11.3 Å². The molecule has 4 rings (SSSR count). The van der Waals surface area contributed by atoms with Crippen molar-refractivity contribution < 1.29 is 14.3 Å². The Morgan fingerprint density at radius 2 is 1.88 bits per heavy atom. The van der Waals surface area contributed by atoms with Crippen molar-refractivity contribution in [2.45, 2.75) is 50.7 Å². The highest BCUT2D eigenvalue weighted by molar-refractivity contribution is 7.14. The van der Waals surface area contributed by atoms with E-state index in [0.29, 0.717) is 19.7 Å². The maximum Gasteiger partial charge on any atom is 0.263 e. The van der Waals surface area contributed by atoms with E-state index in [0.717, 1.165) is 50.1 Å². The van der Waals surface area contributed by atoms with E-state index in [2.05, 4.69) is 6.07 Å². The predicted molar refractivity (Wildman–Crippen MR) is 100 cm³/mol. The molecule has 2 amide bonds. The van der Waals surface area contributed by atoms with Crippen LogP contribution in [0.25, 0.3) is 0 Å². The first-order valence-electron chi connectivity index (χ1n) is 9.61. The van der Waals surface area contributed by atoms with Gasteiger partial charge in [0.15, 0.2) is 0 Å². The largest absolute Gasteiger partial charge is 0.370 e. The molecule has 0 aromatic carbocycles. The number of nitrogens with zero attached hydrogens (tertiary/aromatic N) is 2. The van der Waals surface area contributed by atoms with Crippen molar-refractivity contribution in [3.05, 3.63) is 21.4 Å². The molecule has 1 spiro atoms. The molecule has 2 fully saturated rings. The van der Waals surface area contributed by atoms with Gasteiger partial charge in [0, 0.05) is 37.5 Å². The third-order valence-electron chi connectivity index (χ3n) is 5.88. The summed E-state index contributed by atoms with van der Waals surface area (Å²) < 4.78 is 6.25. The Morgan fingerprint density at radius 3 is 2.54 bits per heavy atom. The van der Waals surface area contributed by atoms with Gasteiger partial charge >= 0.3 is 0 Å². The SMILES string of the molecule is CC(N)C(=O)N1CCC2(CC1)OCCc1sc(C(=O)N3CCCC3)cc12. The quantitative estimate of drug-likeness (QED) is 0.851. The van der Waals surface area contributed by atoms with Gasteiger partial charge in [-0.1, -0.05) is 0 Å². The Kier molecular flexibility index (Phi) is 4.79. The van der Waals surface area contributed by atoms with Crippen LogP contribution in [0.15, 0.2) is 6.07 Å². The van der Waals surface area contributed by atoms with E-state index in [1.165, 1.54) is 10.4 Å². The van der Waals surface area contributed by atoms with Crippen LogP contribution in [-0.2, 0) is 21.6 Å². The van der Waals surface area contributed by atoms with Gasteiger partial charge < -0.3 is 20.3 Å². The maximum atomic E-state index is 12.8. The zero-order chi connectivity index (χ0) is 18.3. The van der Waals surface area contributed by atoms with Crippen LogP contribution in [0.4, 0.5) is 0 Å². The summed E-state index contributed by atoms with van der Waals surface area (Å²) in [7, 11) is 0. The minimum atomic E-state index is -0.460. The summed E-state index contributed by atoms with van der Waals surface area (Å²) in [6.07, 6.45) is 4.62. The van der Waals surface area contributed by atoms with Gasteiger partial charge in [0.1, 0.15) is 0 Å². The van der Waals surface area contributed by atoms with Crippen molar-refractivity contribution in [2.24, 2.45) is 5.73 Å². The second-order valence-electron chi connectivity index (χ2n) is 7.65. The van der Waals surface area contributed by atoms with Gasteiger partial charge in [-0.2, -0.15) is 0 Å². The van der Waals surface area contributed by atoms with Gasteiger partial charge in [-0.25, -0.2) is 0 Å². The molecule has 1 aromatic heterocycles. The Hall–Kier alpha value is -1.44. The molecule has 2 N–H and O–H groups in total. The summed E-state index contributed by atoms with van der Waals surface area (Å²) >= 11 is 1.64. The zero-order valence-electron chi connectivity index (χ0n) is 15.3. The third-order valence-corrected chi connectivity index (χ3v) is 7.07. The smallest absolute Gasteiger partial charge is 0.263 e. The molecule has 1 atom stereocenters. The number of carbonyl (C=O) groups excluding carboxylic acids is 2. The average Bonchev–Trinajstić information content (AvgIpc) is 3.32. The average molecular weight is 378 g/mol. The second-order valence-corrected chi connectivity index (χ2v) is 8.79. The molecule has 3 aliphatic heterocycles. The van der Waals surface area contributed by atoms with E-state index in [1.807, 2.05) is 9.80 Å². The topological polar surface area (TPSA) is 75.9 Å². The molecule has 0 radical (unpaired) electrons. The van der Waals surface area contributed by atoms with Crippen LogP contribution in [0.2, 0.25) is 0 Å². The van der Waals surface area contributed by atoms with E-state index in [9.17, 15) is 9.59 Å². The van der Waals surface area contributed by atoms with E-state index in [-0.39, 0.29) is 17.4 Å². The number of thiophene rings is 1. The van der Waals surface area contributed by atoms with Crippen LogP contribution in [0.3, 0.4) is 0 Å². The number of carbonyl (C=O) groups is 2. The lowest BCUT2D eigenvalue weighted by molar-refractivity contribution is -0.141. The number of likely N-dealkylation sites (tertiary alicyclic amines) is 2. The van der Waals surface area contributed by atoms with Crippen LogP contribution < -0.4 is 5.73 Å². The maximum absolute atomic E-state index is 12.8. The highest BCUT2D eigenvalue weighted by Gasteiger charge is 2.43. The monoisotopic (exact) mass is 377 g/mol. The number of piperidine rings is 1. The Balaban J connectivity index is 1.54.